The molecule has 0 radical (unpaired) electrons. The summed E-state index contributed by atoms with van der Waals surface area (Å²) in [5.41, 5.74) is 0.119. The van der Waals surface area contributed by atoms with Crippen LogP contribution in [0.5, 0.6) is 0 Å². The summed E-state index contributed by atoms with van der Waals surface area (Å²) in [6, 6.07) is 5.68. The first-order chi connectivity index (χ1) is 10.9. The fraction of sp³-hybridized carbons (Fsp3) is 0.412. The summed E-state index contributed by atoms with van der Waals surface area (Å²) in [6.45, 7) is 2.63. The van der Waals surface area contributed by atoms with Crippen molar-refractivity contribution in [1.82, 2.24) is 4.90 Å². The smallest absolute Gasteiger partial charge is 0.311 e. The molecule has 1 aromatic heterocycles. The molecule has 0 aliphatic carbocycles. The molecule has 0 spiro atoms. The van der Waals surface area contributed by atoms with Crippen LogP contribution in [0.1, 0.15) is 25.3 Å². The second-order valence-corrected chi connectivity index (χ2v) is 7.71. The Kier molecular flexibility index (Phi) is 4.34. The number of carbonyl (C=O) groups excluding carboxylic acids is 1. The highest BCUT2D eigenvalue weighted by Gasteiger charge is 2.39. The van der Waals surface area contributed by atoms with Crippen molar-refractivity contribution in [2.45, 2.75) is 26.2 Å². The summed E-state index contributed by atoms with van der Waals surface area (Å²) >= 11 is 7.64. The topological polar surface area (TPSA) is 57.6 Å². The van der Waals surface area contributed by atoms with Crippen LogP contribution in [0.3, 0.4) is 0 Å². The van der Waals surface area contributed by atoms with Gasteiger partial charge in [-0.3, -0.25) is 9.59 Å². The number of aliphatic carboxylic acids is 1. The Morgan fingerprint density at radius 1 is 1.43 bits per heavy atom. The lowest BCUT2D eigenvalue weighted by Crippen LogP contribution is -2.48. The lowest BCUT2D eigenvalue weighted by atomic mass is 9.82. The molecule has 23 heavy (non-hydrogen) atoms. The standard InChI is InChI=1S/C17H18ClNO3S/c1-17(16(21)22)5-2-6-19(10-17)15(20)7-11-9-23-14-4-3-12(18)8-13(11)14/h3-4,8-9H,2,5-7,10H2,1H3,(H,21,22). The molecule has 3 rings (SSSR count). The maximum Gasteiger partial charge on any atom is 0.311 e. The van der Waals surface area contributed by atoms with Crippen LogP contribution in [0, 0.1) is 5.41 Å². The molecule has 2 heterocycles. The Morgan fingerprint density at radius 3 is 2.96 bits per heavy atom. The largest absolute Gasteiger partial charge is 0.481 e. The number of carboxylic acid groups (broad SMARTS) is 1. The molecule has 1 aromatic carbocycles. The predicted molar refractivity (Wildman–Crippen MR) is 92.1 cm³/mol. The Bertz CT molecular complexity index is 772. The zero-order valence-electron chi connectivity index (χ0n) is 12.8. The SMILES string of the molecule is CC1(C(=O)O)CCCN(C(=O)Cc2csc3ccc(Cl)cc23)C1. The molecule has 6 heteroatoms. The van der Waals surface area contributed by atoms with Gasteiger partial charge < -0.3 is 10.0 Å². The molecular formula is C17H18ClNO3S. The van der Waals surface area contributed by atoms with Crippen LogP contribution in [0.4, 0.5) is 0 Å². The maximum absolute atomic E-state index is 12.6. The summed E-state index contributed by atoms with van der Waals surface area (Å²) in [4.78, 5) is 25.7. The average molecular weight is 352 g/mol. The third-order valence-electron chi connectivity index (χ3n) is 4.52. The predicted octanol–water partition coefficient (Wildman–Crippen LogP) is 3.81. The highest BCUT2D eigenvalue weighted by molar-refractivity contribution is 7.17. The summed E-state index contributed by atoms with van der Waals surface area (Å²) in [5.74, 6) is -0.848. The second kappa shape index (κ2) is 6.13. The zero-order valence-corrected chi connectivity index (χ0v) is 14.4. The van der Waals surface area contributed by atoms with Crippen LogP contribution < -0.4 is 0 Å². The van der Waals surface area contributed by atoms with Gasteiger partial charge in [0.1, 0.15) is 0 Å². The summed E-state index contributed by atoms with van der Waals surface area (Å²) in [6.07, 6.45) is 1.63. The van der Waals surface area contributed by atoms with Gasteiger partial charge in [-0.25, -0.2) is 0 Å². The minimum Gasteiger partial charge on any atom is -0.481 e. The molecule has 1 unspecified atom stereocenters. The minimum absolute atomic E-state index is 0.0168. The number of benzene rings is 1. The first kappa shape index (κ1) is 16.3. The van der Waals surface area contributed by atoms with E-state index in [1.165, 1.54) is 0 Å². The van der Waals surface area contributed by atoms with Crippen LogP contribution in [-0.2, 0) is 16.0 Å². The monoisotopic (exact) mass is 351 g/mol. The average Bonchev–Trinajstić information content (AvgIpc) is 2.89. The third-order valence-corrected chi connectivity index (χ3v) is 5.77. The summed E-state index contributed by atoms with van der Waals surface area (Å²) < 4.78 is 1.10. The van der Waals surface area contributed by atoms with Crippen LogP contribution in [0.2, 0.25) is 5.02 Å². The number of hydrogen-bond acceptors (Lipinski definition) is 3. The van der Waals surface area contributed by atoms with E-state index in [4.69, 9.17) is 11.6 Å². The number of piperidine rings is 1. The van der Waals surface area contributed by atoms with Crippen molar-refractivity contribution >= 4 is 44.9 Å². The van der Waals surface area contributed by atoms with Gasteiger partial charge in [0.15, 0.2) is 0 Å². The maximum atomic E-state index is 12.6. The van der Waals surface area contributed by atoms with Crippen molar-refractivity contribution in [3.63, 3.8) is 0 Å². The molecule has 2 aromatic rings. The van der Waals surface area contributed by atoms with Crippen LogP contribution in [0.15, 0.2) is 23.6 Å². The van der Waals surface area contributed by atoms with Crippen molar-refractivity contribution < 1.29 is 14.7 Å². The second-order valence-electron chi connectivity index (χ2n) is 6.36. The van der Waals surface area contributed by atoms with Crippen molar-refractivity contribution in [3.8, 4) is 0 Å². The van der Waals surface area contributed by atoms with Gasteiger partial charge in [0, 0.05) is 22.8 Å². The van der Waals surface area contributed by atoms with Gasteiger partial charge >= 0.3 is 5.97 Å². The molecule has 122 valence electrons. The first-order valence-corrected chi connectivity index (χ1v) is 8.82. The number of fused-ring (bicyclic) bond motifs is 1. The van der Waals surface area contributed by atoms with E-state index in [0.717, 1.165) is 22.1 Å². The van der Waals surface area contributed by atoms with Gasteiger partial charge in [-0.05, 0) is 54.3 Å². The molecule has 1 N–H and O–H groups in total. The molecule has 1 saturated heterocycles. The van der Waals surface area contributed by atoms with Gasteiger partial charge in [-0.1, -0.05) is 11.6 Å². The van der Waals surface area contributed by atoms with E-state index in [9.17, 15) is 14.7 Å². The van der Waals surface area contributed by atoms with Gasteiger partial charge in [0.05, 0.1) is 11.8 Å². The van der Waals surface area contributed by atoms with Crippen LogP contribution in [-0.4, -0.2) is 35.0 Å². The molecule has 0 saturated carbocycles. The molecular weight excluding hydrogens is 334 g/mol. The van der Waals surface area contributed by atoms with E-state index in [1.54, 1.807) is 23.2 Å². The highest BCUT2D eigenvalue weighted by Crippen LogP contribution is 2.32. The number of amides is 1. The number of thiophene rings is 1. The first-order valence-electron chi connectivity index (χ1n) is 7.56. The molecule has 1 amide bonds. The molecule has 1 aliphatic rings. The zero-order chi connectivity index (χ0) is 16.6. The number of carboxylic acids is 1. The van der Waals surface area contributed by atoms with Crippen molar-refractivity contribution in [3.05, 3.63) is 34.2 Å². The van der Waals surface area contributed by atoms with Crippen molar-refractivity contribution in [2.75, 3.05) is 13.1 Å². The Hall–Kier alpha value is -1.59. The Labute approximate surface area is 143 Å². The van der Waals surface area contributed by atoms with E-state index in [-0.39, 0.29) is 18.9 Å². The molecule has 1 fully saturated rings. The van der Waals surface area contributed by atoms with Crippen molar-refractivity contribution in [1.29, 1.82) is 0 Å². The Morgan fingerprint density at radius 2 is 2.22 bits per heavy atom. The highest BCUT2D eigenvalue weighted by atomic mass is 35.5. The summed E-state index contributed by atoms with van der Waals surface area (Å²) in [7, 11) is 0. The number of hydrogen-bond donors (Lipinski definition) is 1. The van der Waals surface area contributed by atoms with Crippen LogP contribution >= 0.6 is 22.9 Å². The van der Waals surface area contributed by atoms with Crippen molar-refractivity contribution in [2.24, 2.45) is 5.41 Å². The number of rotatable bonds is 3. The molecule has 0 bridgehead atoms. The van der Waals surface area contributed by atoms with Gasteiger partial charge in [0.2, 0.25) is 5.91 Å². The lowest BCUT2D eigenvalue weighted by Gasteiger charge is -2.37. The van der Waals surface area contributed by atoms with E-state index in [0.29, 0.717) is 18.0 Å². The van der Waals surface area contributed by atoms with E-state index < -0.39 is 11.4 Å². The lowest BCUT2D eigenvalue weighted by molar-refractivity contribution is -0.153. The Balaban J connectivity index is 1.78. The number of nitrogens with zero attached hydrogens (tertiary/aromatic N) is 1. The normalized spacial score (nSPS) is 21.6. The van der Waals surface area contributed by atoms with E-state index >= 15 is 0 Å². The van der Waals surface area contributed by atoms with E-state index in [1.807, 2.05) is 23.6 Å². The molecule has 1 aliphatic heterocycles. The van der Waals surface area contributed by atoms with E-state index in [2.05, 4.69) is 0 Å². The number of halogens is 1. The number of carbonyl (C=O) groups is 2. The van der Waals surface area contributed by atoms with Gasteiger partial charge in [-0.15, -0.1) is 11.3 Å². The quantitative estimate of drug-likeness (QED) is 0.914. The van der Waals surface area contributed by atoms with Gasteiger partial charge in [0.25, 0.3) is 0 Å². The van der Waals surface area contributed by atoms with Gasteiger partial charge in [-0.2, -0.15) is 0 Å². The third kappa shape index (κ3) is 3.21. The fourth-order valence-corrected chi connectivity index (χ4v) is 4.21. The number of likely N-dealkylation sites (tertiary alicyclic amines) is 1. The molecule has 1 atom stereocenters. The fourth-order valence-electron chi connectivity index (χ4n) is 3.09. The molecule has 4 nitrogen and oxygen atoms in total. The summed E-state index contributed by atoms with van der Waals surface area (Å²) in [5, 5.41) is 13.0. The van der Waals surface area contributed by atoms with Crippen LogP contribution in [0.25, 0.3) is 10.1 Å². The minimum atomic E-state index is -0.839.